The van der Waals surface area contributed by atoms with Crippen LogP contribution in [0.25, 0.3) is 0 Å². The number of para-hydroxylation sites is 1. The van der Waals surface area contributed by atoms with Crippen LogP contribution in [0.3, 0.4) is 0 Å². The molecule has 1 N–H and O–H groups in total. The lowest BCUT2D eigenvalue weighted by molar-refractivity contribution is 0.102. The minimum absolute atomic E-state index is 0.0928. The smallest absolute Gasteiger partial charge is 0.319 e. The highest BCUT2D eigenvalue weighted by atomic mass is 32.2. The Hall–Kier alpha value is -2.65. The number of rotatable bonds is 6. The first kappa shape index (κ1) is 19.1. The van der Waals surface area contributed by atoms with Crippen molar-refractivity contribution < 1.29 is 22.0 Å². The molecule has 0 fully saturated rings. The molecule has 0 aliphatic carbocycles. The molecule has 0 aliphatic heterocycles. The number of hydrogen-bond donors (Lipinski definition) is 1. The van der Waals surface area contributed by atoms with Gasteiger partial charge in [-0.2, -0.15) is 8.78 Å². The van der Waals surface area contributed by atoms with Crippen molar-refractivity contribution in [2.75, 3.05) is 5.32 Å². The van der Waals surface area contributed by atoms with Crippen LogP contribution in [-0.4, -0.2) is 25.1 Å². The molecule has 0 unspecified atom stereocenters. The number of benzene rings is 2. The molecule has 27 heavy (non-hydrogen) atoms. The van der Waals surface area contributed by atoms with Gasteiger partial charge in [0.05, 0.1) is 15.6 Å². The average molecular weight is 408 g/mol. The van der Waals surface area contributed by atoms with E-state index >= 15 is 0 Å². The molecule has 1 heterocycles. The minimum Gasteiger partial charge on any atom is -0.319 e. The maximum Gasteiger partial charge on any atom is 0.341 e. The van der Waals surface area contributed by atoms with Crippen LogP contribution in [0.1, 0.15) is 21.1 Å². The first-order valence-corrected chi connectivity index (χ1v) is 10.2. The van der Waals surface area contributed by atoms with E-state index in [-0.39, 0.29) is 11.4 Å². The van der Waals surface area contributed by atoms with Gasteiger partial charge >= 0.3 is 5.76 Å². The zero-order chi connectivity index (χ0) is 19.4. The Labute approximate surface area is 158 Å². The van der Waals surface area contributed by atoms with Crippen molar-refractivity contribution in [3.63, 3.8) is 0 Å². The van der Waals surface area contributed by atoms with E-state index in [9.17, 15) is 22.0 Å². The molecule has 1 amide bonds. The number of carbonyl (C=O) groups excluding carboxylic acids is 1. The van der Waals surface area contributed by atoms with Crippen LogP contribution in [-0.2, 0) is 16.3 Å². The number of amides is 1. The number of nitrogens with zero attached hydrogens (tertiary/aromatic N) is 1. The van der Waals surface area contributed by atoms with Crippen LogP contribution in [0, 0.1) is 0 Å². The topological polar surface area (TPSA) is 76.1 Å². The Kier molecular flexibility index (Phi) is 5.62. The quantitative estimate of drug-likeness (QED) is 0.669. The van der Waals surface area contributed by atoms with Crippen LogP contribution < -0.4 is 5.32 Å². The Morgan fingerprint density at radius 3 is 2.44 bits per heavy atom. The van der Waals surface area contributed by atoms with Crippen LogP contribution >= 0.6 is 11.3 Å². The van der Waals surface area contributed by atoms with E-state index in [2.05, 4.69) is 10.3 Å². The molecule has 2 aromatic carbocycles. The fourth-order valence-electron chi connectivity index (χ4n) is 2.37. The van der Waals surface area contributed by atoms with Gasteiger partial charge in [-0.1, -0.05) is 42.5 Å². The van der Waals surface area contributed by atoms with Crippen molar-refractivity contribution in [1.82, 2.24) is 4.98 Å². The van der Waals surface area contributed by atoms with E-state index in [1.165, 1.54) is 34.9 Å². The van der Waals surface area contributed by atoms with Gasteiger partial charge in [-0.25, -0.2) is 13.4 Å². The van der Waals surface area contributed by atoms with E-state index in [0.29, 0.717) is 11.4 Å². The van der Waals surface area contributed by atoms with Gasteiger partial charge in [0, 0.05) is 11.8 Å². The Morgan fingerprint density at radius 2 is 1.74 bits per heavy atom. The molecule has 1 aromatic heterocycles. The van der Waals surface area contributed by atoms with E-state index in [1.54, 1.807) is 0 Å². The van der Waals surface area contributed by atoms with Crippen LogP contribution in [0.15, 0.2) is 64.9 Å². The van der Waals surface area contributed by atoms with Gasteiger partial charge in [-0.05, 0) is 17.7 Å². The number of alkyl halides is 2. The number of halogens is 2. The van der Waals surface area contributed by atoms with Crippen LogP contribution in [0.4, 0.5) is 14.5 Å². The minimum atomic E-state index is -4.84. The molecule has 0 saturated carbocycles. The zero-order valence-corrected chi connectivity index (χ0v) is 15.4. The standard InChI is InChI=1S/C18H14F2N2O3S2/c19-18(20)27(24,25)15-9-5-4-8-13(15)22-17(23)14-11-26-16(21-14)10-12-6-2-1-3-7-12/h1-9,11,18H,10H2,(H,22,23). The van der Waals surface area contributed by atoms with Crippen LogP contribution in [0.5, 0.6) is 0 Å². The van der Waals surface area contributed by atoms with Crippen molar-refractivity contribution >= 4 is 32.8 Å². The molecule has 0 bridgehead atoms. The molecule has 9 heteroatoms. The molecule has 0 aliphatic rings. The number of anilines is 1. The first-order valence-electron chi connectivity index (χ1n) is 7.78. The molecule has 0 spiro atoms. The Bertz CT molecular complexity index is 1050. The van der Waals surface area contributed by atoms with Gasteiger partial charge in [0.2, 0.25) is 9.84 Å². The first-order chi connectivity index (χ1) is 12.9. The van der Waals surface area contributed by atoms with Gasteiger partial charge in [-0.15, -0.1) is 11.3 Å². The van der Waals surface area contributed by atoms with E-state index in [4.69, 9.17) is 0 Å². The molecule has 5 nitrogen and oxygen atoms in total. The number of thiazole rings is 1. The third kappa shape index (κ3) is 4.37. The van der Waals surface area contributed by atoms with Gasteiger partial charge in [-0.3, -0.25) is 4.79 Å². The SMILES string of the molecule is O=C(Nc1ccccc1S(=O)(=O)C(F)F)c1csc(Cc2ccccc2)n1. The summed E-state index contributed by atoms with van der Waals surface area (Å²) in [4.78, 5) is 16.0. The van der Waals surface area contributed by atoms with E-state index < -0.39 is 26.4 Å². The predicted octanol–water partition coefficient (Wildman–Crippen LogP) is 3.98. The second-order valence-corrected chi connectivity index (χ2v) is 8.37. The summed E-state index contributed by atoms with van der Waals surface area (Å²) in [5, 5.41) is 4.61. The van der Waals surface area contributed by atoms with Crippen molar-refractivity contribution in [2.24, 2.45) is 0 Å². The Balaban J connectivity index is 1.79. The number of carbonyl (C=O) groups is 1. The summed E-state index contributed by atoms with van der Waals surface area (Å²) in [6, 6.07) is 14.6. The Morgan fingerprint density at radius 1 is 1.07 bits per heavy atom. The van der Waals surface area contributed by atoms with Crippen molar-refractivity contribution in [3.8, 4) is 0 Å². The summed E-state index contributed by atoms with van der Waals surface area (Å²) < 4.78 is 49.2. The maximum absolute atomic E-state index is 12.8. The molecule has 0 saturated heterocycles. The molecular formula is C18H14F2N2O3S2. The number of nitrogens with one attached hydrogen (secondary N) is 1. The molecule has 140 valence electrons. The summed E-state index contributed by atoms with van der Waals surface area (Å²) in [6.45, 7) is 0. The number of aromatic nitrogens is 1. The van der Waals surface area contributed by atoms with Gasteiger partial charge < -0.3 is 5.32 Å². The molecule has 0 atom stereocenters. The maximum atomic E-state index is 12.8. The second kappa shape index (κ2) is 7.93. The fourth-order valence-corrected chi connectivity index (χ4v) is 4.06. The zero-order valence-electron chi connectivity index (χ0n) is 13.8. The lowest BCUT2D eigenvalue weighted by atomic mass is 10.2. The van der Waals surface area contributed by atoms with Crippen molar-refractivity contribution in [3.05, 3.63) is 76.2 Å². The molecule has 0 radical (unpaired) electrons. The summed E-state index contributed by atoms with van der Waals surface area (Å²) >= 11 is 1.29. The number of sulfone groups is 1. The lowest BCUT2D eigenvalue weighted by Gasteiger charge is -2.10. The van der Waals surface area contributed by atoms with E-state index in [1.807, 2.05) is 30.3 Å². The molecule has 3 rings (SSSR count). The predicted molar refractivity (Wildman–Crippen MR) is 98.9 cm³/mol. The summed E-state index contributed by atoms with van der Waals surface area (Å²) in [5.41, 5.74) is 0.919. The molecular weight excluding hydrogens is 394 g/mol. The van der Waals surface area contributed by atoms with Crippen LogP contribution in [0.2, 0.25) is 0 Å². The summed E-state index contributed by atoms with van der Waals surface area (Å²) in [7, 11) is -4.84. The van der Waals surface area contributed by atoms with Gasteiger partial charge in [0.25, 0.3) is 5.91 Å². The normalized spacial score (nSPS) is 11.5. The van der Waals surface area contributed by atoms with Gasteiger partial charge in [0.15, 0.2) is 0 Å². The lowest BCUT2D eigenvalue weighted by Crippen LogP contribution is -2.18. The highest BCUT2D eigenvalue weighted by molar-refractivity contribution is 7.91. The highest BCUT2D eigenvalue weighted by Gasteiger charge is 2.29. The largest absolute Gasteiger partial charge is 0.341 e. The fraction of sp³-hybridized carbons (Fsp3) is 0.111. The third-order valence-electron chi connectivity index (χ3n) is 3.66. The van der Waals surface area contributed by atoms with Crippen molar-refractivity contribution in [2.45, 2.75) is 17.1 Å². The third-order valence-corrected chi connectivity index (χ3v) is 5.95. The molecule has 3 aromatic rings. The highest BCUT2D eigenvalue weighted by Crippen LogP contribution is 2.26. The van der Waals surface area contributed by atoms with E-state index in [0.717, 1.165) is 11.6 Å². The van der Waals surface area contributed by atoms with Gasteiger partial charge in [0.1, 0.15) is 5.69 Å². The second-order valence-electron chi connectivity index (χ2n) is 5.54. The summed E-state index contributed by atoms with van der Waals surface area (Å²) in [6.07, 6.45) is 0.551. The monoisotopic (exact) mass is 408 g/mol. The number of hydrogen-bond acceptors (Lipinski definition) is 5. The average Bonchev–Trinajstić information content (AvgIpc) is 3.11. The van der Waals surface area contributed by atoms with Crippen molar-refractivity contribution in [1.29, 1.82) is 0 Å². The summed E-state index contributed by atoms with van der Waals surface area (Å²) in [5.74, 6) is -4.24.